The van der Waals surface area contributed by atoms with Crippen LogP contribution in [0.2, 0.25) is 0 Å². The van der Waals surface area contributed by atoms with Crippen LogP contribution in [0.25, 0.3) is 21.9 Å². The number of para-hydroxylation sites is 2. The number of furan rings is 1. The monoisotopic (exact) mass is 375 g/mol. The number of phenolic OH excluding ortho intramolecular Hbond substituents is 1. The van der Waals surface area contributed by atoms with Gasteiger partial charge in [0, 0.05) is 11.8 Å². The first-order valence-electron chi connectivity index (χ1n) is 8.60. The van der Waals surface area contributed by atoms with Crippen LogP contribution in [0.3, 0.4) is 0 Å². The zero-order chi connectivity index (χ0) is 19.7. The molecule has 0 saturated carbocycles. The maximum atomic E-state index is 13.2. The van der Waals surface area contributed by atoms with Gasteiger partial charge in [0.25, 0.3) is 0 Å². The van der Waals surface area contributed by atoms with Crippen molar-refractivity contribution in [1.29, 1.82) is 0 Å². The summed E-state index contributed by atoms with van der Waals surface area (Å²) in [6, 6.07) is 8.36. The summed E-state index contributed by atoms with van der Waals surface area (Å²) in [6.07, 6.45) is 6.45. The molecule has 0 radical (unpaired) electrons. The number of hydrogen-bond donors (Lipinski definition) is 1. The van der Waals surface area contributed by atoms with Crippen molar-refractivity contribution in [2.24, 2.45) is 4.99 Å². The van der Waals surface area contributed by atoms with Crippen LogP contribution in [-0.4, -0.2) is 18.4 Å². The summed E-state index contributed by atoms with van der Waals surface area (Å²) in [5.41, 5.74) is 2.03. The maximum absolute atomic E-state index is 13.2. The molecule has 0 aliphatic rings. The van der Waals surface area contributed by atoms with Crippen molar-refractivity contribution in [3.05, 3.63) is 76.9 Å². The lowest BCUT2D eigenvalue weighted by atomic mass is 10.0. The average molecular weight is 375 g/mol. The van der Waals surface area contributed by atoms with E-state index in [4.69, 9.17) is 13.6 Å². The second-order valence-electron chi connectivity index (χ2n) is 6.14. The van der Waals surface area contributed by atoms with Crippen LogP contribution in [0.15, 0.2) is 74.1 Å². The number of methoxy groups -OCH3 is 1. The van der Waals surface area contributed by atoms with Gasteiger partial charge < -0.3 is 18.7 Å². The molecule has 2 aromatic carbocycles. The first-order chi connectivity index (χ1) is 13.7. The third kappa shape index (κ3) is 2.75. The molecule has 0 aliphatic heterocycles. The summed E-state index contributed by atoms with van der Waals surface area (Å²) in [6.45, 7) is 3.77. The number of ether oxygens (including phenoxy) is 1. The van der Waals surface area contributed by atoms with Crippen molar-refractivity contribution in [3.63, 3.8) is 0 Å². The van der Waals surface area contributed by atoms with Crippen LogP contribution in [0, 0.1) is 0 Å². The molecule has 2 aromatic heterocycles. The van der Waals surface area contributed by atoms with E-state index in [1.807, 2.05) is 0 Å². The number of aliphatic imine (C=N–C) groups is 1. The van der Waals surface area contributed by atoms with Crippen LogP contribution in [0.5, 0.6) is 11.5 Å². The molecular formula is C22H17NO5. The Hall–Kier alpha value is -3.80. The second-order valence-corrected chi connectivity index (χ2v) is 6.14. The predicted octanol–water partition coefficient (Wildman–Crippen LogP) is 4.73. The molecule has 0 unspecified atom stereocenters. The molecule has 0 aliphatic carbocycles. The Morgan fingerprint density at radius 3 is 2.79 bits per heavy atom. The van der Waals surface area contributed by atoms with Gasteiger partial charge in [0.05, 0.1) is 24.3 Å². The Labute approximate surface area is 160 Å². The fraction of sp³-hybridized carbons (Fsp3) is 0.0909. The molecule has 4 aromatic rings. The number of hydrogen-bond acceptors (Lipinski definition) is 6. The highest BCUT2D eigenvalue weighted by Gasteiger charge is 2.21. The third-order valence-electron chi connectivity index (χ3n) is 4.48. The van der Waals surface area contributed by atoms with Gasteiger partial charge in [-0.3, -0.25) is 9.79 Å². The Morgan fingerprint density at radius 2 is 2.04 bits per heavy atom. The summed E-state index contributed by atoms with van der Waals surface area (Å²) in [4.78, 5) is 17.4. The Kier molecular flexibility index (Phi) is 4.45. The van der Waals surface area contributed by atoms with Gasteiger partial charge in [0.2, 0.25) is 5.43 Å². The van der Waals surface area contributed by atoms with E-state index < -0.39 is 0 Å². The minimum Gasteiger partial charge on any atom is -0.506 e. The molecule has 140 valence electrons. The molecule has 4 rings (SSSR count). The number of fused-ring (bicyclic) bond motifs is 2. The van der Waals surface area contributed by atoms with Crippen LogP contribution in [0.4, 0.5) is 5.69 Å². The first kappa shape index (κ1) is 17.6. The number of phenols is 1. The Morgan fingerprint density at radius 1 is 1.21 bits per heavy atom. The summed E-state index contributed by atoms with van der Waals surface area (Å²) in [5, 5.41) is 10.8. The molecule has 0 atom stereocenters. The van der Waals surface area contributed by atoms with Crippen molar-refractivity contribution in [2.75, 3.05) is 7.11 Å². The quantitative estimate of drug-likeness (QED) is 0.402. The lowest BCUT2D eigenvalue weighted by Crippen LogP contribution is -2.10. The minimum absolute atomic E-state index is 0.0230. The van der Waals surface area contributed by atoms with E-state index in [9.17, 15) is 9.90 Å². The third-order valence-corrected chi connectivity index (χ3v) is 4.48. The summed E-state index contributed by atoms with van der Waals surface area (Å²) in [5.74, 6) is 0.410. The summed E-state index contributed by atoms with van der Waals surface area (Å²) < 4.78 is 16.9. The van der Waals surface area contributed by atoms with E-state index in [2.05, 4.69) is 11.6 Å². The van der Waals surface area contributed by atoms with Crippen LogP contribution >= 0.6 is 0 Å². The number of aromatic hydroxyl groups is 1. The summed E-state index contributed by atoms with van der Waals surface area (Å²) in [7, 11) is 1.50. The van der Waals surface area contributed by atoms with Crippen LogP contribution < -0.4 is 10.2 Å². The first-order valence-corrected chi connectivity index (χ1v) is 8.60. The highest BCUT2D eigenvalue weighted by molar-refractivity contribution is 6.05. The molecule has 2 heterocycles. The molecule has 0 bridgehead atoms. The second kappa shape index (κ2) is 7.08. The van der Waals surface area contributed by atoms with Crippen molar-refractivity contribution in [3.8, 4) is 11.5 Å². The maximum Gasteiger partial charge on any atom is 0.205 e. The smallest absolute Gasteiger partial charge is 0.205 e. The normalized spacial score (nSPS) is 11.5. The molecule has 6 heteroatoms. The molecule has 0 amide bonds. The minimum atomic E-state index is -0.286. The van der Waals surface area contributed by atoms with E-state index in [0.29, 0.717) is 39.8 Å². The molecule has 0 spiro atoms. The SMILES string of the molecule is C=CCc1c2occc2c(OC)c2c(=O)c(C=Nc3ccccc3O)coc12. The number of allylic oxidation sites excluding steroid dienone is 1. The van der Waals surface area contributed by atoms with Crippen LogP contribution in [-0.2, 0) is 6.42 Å². The van der Waals surface area contributed by atoms with Crippen LogP contribution in [0.1, 0.15) is 11.1 Å². The van der Waals surface area contributed by atoms with E-state index in [0.717, 1.165) is 5.56 Å². The van der Waals surface area contributed by atoms with E-state index in [1.54, 1.807) is 36.6 Å². The summed E-state index contributed by atoms with van der Waals surface area (Å²) >= 11 is 0. The van der Waals surface area contributed by atoms with E-state index in [-0.39, 0.29) is 16.7 Å². The van der Waals surface area contributed by atoms with Gasteiger partial charge in [-0.25, -0.2) is 0 Å². The van der Waals surface area contributed by atoms with E-state index in [1.165, 1.54) is 25.7 Å². The Balaban J connectivity index is 1.98. The van der Waals surface area contributed by atoms with Crippen molar-refractivity contribution in [2.45, 2.75) is 6.42 Å². The molecule has 1 N–H and O–H groups in total. The largest absolute Gasteiger partial charge is 0.506 e. The topological polar surface area (TPSA) is 85.2 Å². The zero-order valence-electron chi connectivity index (χ0n) is 15.1. The van der Waals surface area contributed by atoms with Gasteiger partial charge in [0.15, 0.2) is 0 Å². The van der Waals surface area contributed by atoms with Gasteiger partial charge >= 0.3 is 0 Å². The Bertz CT molecular complexity index is 1280. The predicted molar refractivity (Wildman–Crippen MR) is 108 cm³/mol. The fourth-order valence-corrected chi connectivity index (χ4v) is 3.21. The lowest BCUT2D eigenvalue weighted by Gasteiger charge is -2.10. The van der Waals surface area contributed by atoms with Crippen molar-refractivity contribution in [1.82, 2.24) is 0 Å². The standard InChI is InChI=1S/C22H17NO5/c1-3-6-14-20-15(9-10-27-20)21(26-2)18-19(25)13(12-28-22(14)18)11-23-16-7-4-5-8-17(16)24/h3-5,7-12,24H,1,6H2,2H3. The zero-order valence-corrected chi connectivity index (χ0v) is 15.1. The molecule has 6 nitrogen and oxygen atoms in total. The highest BCUT2D eigenvalue weighted by Crippen LogP contribution is 2.37. The molecule has 0 saturated heterocycles. The highest BCUT2D eigenvalue weighted by atomic mass is 16.5. The molecular weight excluding hydrogens is 358 g/mol. The van der Waals surface area contributed by atoms with Gasteiger partial charge in [-0.15, -0.1) is 6.58 Å². The molecule has 28 heavy (non-hydrogen) atoms. The number of rotatable bonds is 5. The average Bonchev–Trinajstić information content (AvgIpc) is 3.18. The van der Waals surface area contributed by atoms with Gasteiger partial charge in [0.1, 0.15) is 40.0 Å². The van der Waals surface area contributed by atoms with Gasteiger partial charge in [-0.05, 0) is 24.6 Å². The van der Waals surface area contributed by atoms with Gasteiger partial charge in [-0.2, -0.15) is 0 Å². The molecule has 0 fully saturated rings. The van der Waals surface area contributed by atoms with Crippen molar-refractivity contribution >= 4 is 33.8 Å². The van der Waals surface area contributed by atoms with Gasteiger partial charge in [-0.1, -0.05) is 18.2 Å². The fourth-order valence-electron chi connectivity index (χ4n) is 3.21. The van der Waals surface area contributed by atoms with Crippen molar-refractivity contribution < 1.29 is 18.7 Å². The van der Waals surface area contributed by atoms with E-state index >= 15 is 0 Å². The lowest BCUT2D eigenvalue weighted by molar-refractivity contribution is 0.423. The number of benzene rings is 2. The number of nitrogens with zero attached hydrogens (tertiary/aromatic N) is 1.